The minimum atomic E-state index is -0.676. The Bertz CT molecular complexity index is 240. The number of rotatable bonds is 4. The summed E-state index contributed by atoms with van der Waals surface area (Å²) in [4.78, 5) is 23.9. The van der Waals surface area contributed by atoms with Crippen molar-refractivity contribution >= 4 is 11.9 Å². The number of nitrogens with one attached hydrogen (secondary N) is 1. The zero-order valence-corrected chi connectivity index (χ0v) is 8.49. The van der Waals surface area contributed by atoms with Crippen molar-refractivity contribution in [2.24, 2.45) is 0 Å². The van der Waals surface area contributed by atoms with Crippen molar-refractivity contribution in [1.29, 1.82) is 0 Å². The van der Waals surface area contributed by atoms with Gasteiger partial charge in [-0.25, -0.2) is 4.79 Å². The fourth-order valence-corrected chi connectivity index (χ4v) is 1.50. The SMILES string of the molecule is CCCC1NC(=O)N(CC(C)O)C1=O. The highest BCUT2D eigenvalue weighted by Gasteiger charge is 2.37. The first-order valence-electron chi connectivity index (χ1n) is 4.86. The molecular formula is C9H16N2O3. The molecule has 2 unspecified atom stereocenters. The molecular weight excluding hydrogens is 184 g/mol. The van der Waals surface area contributed by atoms with Gasteiger partial charge < -0.3 is 10.4 Å². The predicted octanol–water partition coefficient (Wildman–Crippen LogP) is 0.0877. The number of imide groups is 1. The molecule has 0 radical (unpaired) electrons. The lowest BCUT2D eigenvalue weighted by Gasteiger charge is -2.14. The lowest BCUT2D eigenvalue weighted by Crippen LogP contribution is -2.37. The van der Waals surface area contributed by atoms with Crippen LogP contribution >= 0.6 is 0 Å². The topological polar surface area (TPSA) is 69.6 Å². The van der Waals surface area contributed by atoms with Gasteiger partial charge in [-0.2, -0.15) is 0 Å². The number of aliphatic hydroxyl groups excluding tert-OH is 1. The number of nitrogens with zero attached hydrogens (tertiary/aromatic N) is 1. The molecule has 80 valence electrons. The molecule has 0 bridgehead atoms. The number of urea groups is 1. The van der Waals surface area contributed by atoms with Crippen LogP contribution < -0.4 is 5.32 Å². The fourth-order valence-electron chi connectivity index (χ4n) is 1.50. The Morgan fingerprint density at radius 2 is 2.21 bits per heavy atom. The lowest BCUT2D eigenvalue weighted by atomic mass is 10.1. The van der Waals surface area contributed by atoms with Crippen molar-refractivity contribution in [2.45, 2.75) is 38.8 Å². The van der Waals surface area contributed by atoms with Crippen LogP contribution in [0.25, 0.3) is 0 Å². The highest BCUT2D eigenvalue weighted by molar-refractivity contribution is 6.04. The summed E-state index contributed by atoms with van der Waals surface area (Å²) in [5.41, 5.74) is 0. The molecule has 0 saturated carbocycles. The molecule has 2 N–H and O–H groups in total. The summed E-state index contributed by atoms with van der Waals surface area (Å²) in [5, 5.41) is 11.7. The van der Waals surface area contributed by atoms with E-state index in [0.717, 1.165) is 11.3 Å². The van der Waals surface area contributed by atoms with E-state index in [1.807, 2.05) is 6.92 Å². The zero-order valence-electron chi connectivity index (χ0n) is 8.49. The smallest absolute Gasteiger partial charge is 0.324 e. The van der Waals surface area contributed by atoms with Gasteiger partial charge in [0, 0.05) is 0 Å². The van der Waals surface area contributed by atoms with Crippen LogP contribution in [0.2, 0.25) is 0 Å². The molecule has 14 heavy (non-hydrogen) atoms. The maximum Gasteiger partial charge on any atom is 0.324 e. The Balaban J connectivity index is 2.61. The highest BCUT2D eigenvalue weighted by atomic mass is 16.3. The third-order valence-electron chi connectivity index (χ3n) is 2.13. The molecule has 0 aromatic carbocycles. The second kappa shape index (κ2) is 4.41. The Labute approximate surface area is 83.1 Å². The number of amides is 3. The summed E-state index contributed by atoms with van der Waals surface area (Å²) in [5.74, 6) is -0.224. The minimum absolute atomic E-state index is 0.0743. The number of hydrogen-bond acceptors (Lipinski definition) is 3. The number of hydrogen-bond donors (Lipinski definition) is 2. The molecule has 0 aromatic heterocycles. The number of carbonyl (C=O) groups excluding carboxylic acids is 2. The third kappa shape index (κ3) is 2.23. The molecule has 0 spiro atoms. The van der Waals surface area contributed by atoms with Crippen LogP contribution in [-0.2, 0) is 4.79 Å². The number of carbonyl (C=O) groups is 2. The molecule has 0 aliphatic carbocycles. The average molecular weight is 200 g/mol. The van der Waals surface area contributed by atoms with Crippen molar-refractivity contribution in [3.63, 3.8) is 0 Å². The second-order valence-electron chi connectivity index (χ2n) is 3.59. The van der Waals surface area contributed by atoms with Crippen LogP contribution in [0.3, 0.4) is 0 Å². The van der Waals surface area contributed by atoms with Crippen LogP contribution in [0.15, 0.2) is 0 Å². The first-order chi connectivity index (χ1) is 6.56. The van der Waals surface area contributed by atoms with Crippen molar-refractivity contribution < 1.29 is 14.7 Å². The second-order valence-corrected chi connectivity index (χ2v) is 3.59. The summed E-state index contributed by atoms with van der Waals surface area (Å²) >= 11 is 0. The van der Waals surface area contributed by atoms with E-state index in [9.17, 15) is 9.59 Å². The van der Waals surface area contributed by atoms with Gasteiger partial charge in [0.2, 0.25) is 0 Å². The molecule has 1 aliphatic rings. The van der Waals surface area contributed by atoms with Gasteiger partial charge >= 0.3 is 6.03 Å². The normalized spacial score (nSPS) is 23.9. The highest BCUT2D eigenvalue weighted by Crippen LogP contribution is 2.11. The molecule has 3 amide bonds. The molecule has 1 saturated heterocycles. The summed E-state index contributed by atoms with van der Waals surface area (Å²) in [7, 11) is 0. The third-order valence-corrected chi connectivity index (χ3v) is 2.13. The Morgan fingerprint density at radius 1 is 1.57 bits per heavy atom. The van der Waals surface area contributed by atoms with E-state index in [1.165, 1.54) is 0 Å². The van der Waals surface area contributed by atoms with E-state index in [0.29, 0.717) is 6.42 Å². The van der Waals surface area contributed by atoms with Gasteiger partial charge in [-0.05, 0) is 13.3 Å². The summed E-state index contributed by atoms with van der Waals surface area (Å²) in [6.45, 7) is 3.58. The van der Waals surface area contributed by atoms with Crippen molar-refractivity contribution in [2.75, 3.05) is 6.54 Å². The molecule has 2 atom stereocenters. The monoisotopic (exact) mass is 200 g/mol. The molecule has 5 nitrogen and oxygen atoms in total. The van der Waals surface area contributed by atoms with Gasteiger partial charge in [0.05, 0.1) is 12.6 Å². The van der Waals surface area contributed by atoms with E-state index in [2.05, 4.69) is 5.32 Å². The van der Waals surface area contributed by atoms with Crippen molar-refractivity contribution in [1.82, 2.24) is 10.2 Å². The van der Waals surface area contributed by atoms with Gasteiger partial charge in [0.15, 0.2) is 0 Å². The summed E-state index contributed by atoms with van der Waals surface area (Å²) in [6.07, 6.45) is 0.824. The summed E-state index contributed by atoms with van der Waals surface area (Å²) < 4.78 is 0. The lowest BCUT2D eigenvalue weighted by molar-refractivity contribution is -0.128. The van der Waals surface area contributed by atoms with Gasteiger partial charge in [0.25, 0.3) is 5.91 Å². The van der Waals surface area contributed by atoms with Crippen LogP contribution in [0.5, 0.6) is 0 Å². The van der Waals surface area contributed by atoms with E-state index in [4.69, 9.17) is 5.11 Å². The van der Waals surface area contributed by atoms with Gasteiger partial charge in [0.1, 0.15) is 6.04 Å². The largest absolute Gasteiger partial charge is 0.392 e. The Morgan fingerprint density at radius 3 is 2.71 bits per heavy atom. The molecule has 5 heteroatoms. The first-order valence-corrected chi connectivity index (χ1v) is 4.86. The quantitative estimate of drug-likeness (QED) is 0.632. The number of aliphatic hydroxyl groups is 1. The molecule has 1 fully saturated rings. The van der Waals surface area contributed by atoms with Crippen LogP contribution in [0, 0.1) is 0 Å². The predicted molar refractivity (Wildman–Crippen MR) is 50.6 cm³/mol. The van der Waals surface area contributed by atoms with Gasteiger partial charge in [-0.15, -0.1) is 0 Å². The molecule has 1 heterocycles. The van der Waals surface area contributed by atoms with Crippen molar-refractivity contribution in [3.8, 4) is 0 Å². The van der Waals surface area contributed by atoms with E-state index >= 15 is 0 Å². The van der Waals surface area contributed by atoms with E-state index in [1.54, 1.807) is 6.92 Å². The van der Waals surface area contributed by atoms with E-state index < -0.39 is 18.2 Å². The van der Waals surface area contributed by atoms with Crippen LogP contribution in [0.4, 0.5) is 4.79 Å². The van der Waals surface area contributed by atoms with Crippen molar-refractivity contribution in [3.05, 3.63) is 0 Å². The average Bonchev–Trinajstić information content (AvgIpc) is 2.33. The maximum atomic E-state index is 11.6. The summed E-state index contributed by atoms with van der Waals surface area (Å²) in [6, 6.07) is -0.791. The first kappa shape index (κ1) is 11.0. The molecule has 0 aromatic rings. The van der Waals surface area contributed by atoms with Crippen LogP contribution in [-0.4, -0.2) is 40.6 Å². The Hall–Kier alpha value is -1.10. The van der Waals surface area contributed by atoms with Gasteiger partial charge in [-0.3, -0.25) is 9.69 Å². The zero-order chi connectivity index (χ0) is 10.7. The fraction of sp³-hybridized carbons (Fsp3) is 0.778. The Kier molecular flexibility index (Phi) is 3.46. The van der Waals surface area contributed by atoms with Gasteiger partial charge in [-0.1, -0.05) is 13.3 Å². The standard InChI is InChI=1S/C9H16N2O3/c1-3-4-7-8(13)11(5-6(2)12)9(14)10-7/h6-7,12H,3-5H2,1-2H3,(H,10,14). The minimum Gasteiger partial charge on any atom is -0.392 e. The van der Waals surface area contributed by atoms with Crippen LogP contribution in [0.1, 0.15) is 26.7 Å². The molecule has 1 aliphatic heterocycles. The van der Waals surface area contributed by atoms with E-state index in [-0.39, 0.29) is 12.5 Å². The number of β-amino-alcohol motifs (C(OH)–C–C–N with tert-alkyl or cyclic N) is 1. The maximum absolute atomic E-state index is 11.6. The molecule has 1 rings (SSSR count).